The van der Waals surface area contributed by atoms with E-state index in [0.29, 0.717) is 28.2 Å². The van der Waals surface area contributed by atoms with E-state index in [-0.39, 0.29) is 11.9 Å². The summed E-state index contributed by atoms with van der Waals surface area (Å²) in [6.45, 7) is 6.64. The van der Waals surface area contributed by atoms with Gasteiger partial charge in [0.15, 0.2) is 0 Å². The normalized spacial score (nSPS) is 14.4. The van der Waals surface area contributed by atoms with Crippen LogP contribution >= 0.6 is 11.6 Å². The van der Waals surface area contributed by atoms with Crippen molar-refractivity contribution in [2.75, 3.05) is 12.0 Å². The van der Waals surface area contributed by atoms with Gasteiger partial charge in [0.05, 0.1) is 23.9 Å². The predicted octanol–water partition coefficient (Wildman–Crippen LogP) is 6.79. The number of aromatic nitrogens is 3. The Morgan fingerprint density at radius 1 is 1.22 bits per heavy atom. The van der Waals surface area contributed by atoms with Gasteiger partial charge < -0.3 is 9.64 Å². The number of ether oxygens (including phenoxy) is 1. The lowest BCUT2D eigenvalue weighted by molar-refractivity contribution is 0.415. The number of hydrogen-bond donors (Lipinski definition) is 0. The van der Waals surface area contributed by atoms with Crippen LogP contribution in [0, 0.1) is 25.6 Å². The van der Waals surface area contributed by atoms with Crippen LogP contribution in [0.5, 0.6) is 5.75 Å². The monoisotopic (exact) mass is 456 g/mol. The summed E-state index contributed by atoms with van der Waals surface area (Å²) in [5.74, 6) is 2.50. The summed E-state index contributed by atoms with van der Waals surface area (Å²) >= 11 is 6.74. The Morgan fingerprint density at radius 3 is 2.62 bits per heavy atom. The molecule has 1 saturated carbocycles. The van der Waals surface area contributed by atoms with Crippen LogP contribution in [0.1, 0.15) is 55.6 Å². The van der Waals surface area contributed by atoms with Crippen molar-refractivity contribution in [1.29, 1.82) is 0 Å². The molecule has 4 rings (SSSR count). The van der Waals surface area contributed by atoms with Crippen molar-refractivity contribution in [2.24, 2.45) is 5.92 Å². The predicted molar refractivity (Wildman–Crippen MR) is 126 cm³/mol. The third-order valence-electron chi connectivity index (χ3n) is 6.06. The molecule has 1 heterocycles. The maximum Gasteiger partial charge on any atom is 0.250 e. The highest BCUT2D eigenvalue weighted by Crippen LogP contribution is 2.46. The van der Waals surface area contributed by atoms with Gasteiger partial charge in [-0.2, -0.15) is 4.98 Å². The quantitative estimate of drug-likeness (QED) is 0.355. The molecule has 32 heavy (non-hydrogen) atoms. The molecule has 0 N–H and O–H groups in total. The SMILES string of the molecule is CCCn1nc(N(c2ccc(OC)cc2Cl)[C@@H](CC2CC2)c2ccc(C)c(F)c2)nc1C. The number of nitrogens with zero attached hydrogens (tertiary/aromatic N) is 4. The van der Waals surface area contributed by atoms with E-state index in [1.165, 1.54) is 12.8 Å². The molecule has 5 nitrogen and oxygen atoms in total. The molecule has 1 fully saturated rings. The van der Waals surface area contributed by atoms with Crippen LogP contribution in [0.25, 0.3) is 0 Å². The summed E-state index contributed by atoms with van der Waals surface area (Å²) in [6.07, 6.45) is 4.21. The van der Waals surface area contributed by atoms with Crippen molar-refractivity contribution in [3.05, 3.63) is 64.2 Å². The molecule has 1 atom stereocenters. The molecular formula is C25H30ClFN4O. The smallest absolute Gasteiger partial charge is 0.250 e. The summed E-state index contributed by atoms with van der Waals surface area (Å²) < 4.78 is 21.9. The molecule has 0 radical (unpaired) electrons. The fourth-order valence-corrected chi connectivity index (χ4v) is 4.29. The van der Waals surface area contributed by atoms with Crippen molar-refractivity contribution in [3.63, 3.8) is 0 Å². The van der Waals surface area contributed by atoms with Crippen molar-refractivity contribution >= 4 is 23.2 Å². The zero-order valence-electron chi connectivity index (χ0n) is 19.1. The van der Waals surface area contributed by atoms with Crippen LogP contribution in [0.4, 0.5) is 16.0 Å². The Balaban J connectivity index is 1.87. The first-order valence-corrected chi connectivity index (χ1v) is 11.6. The molecule has 170 valence electrons. The van der Waals surface area contributed by atoms with Crippen LogP contribution in [0.15, 0.2) is 36.4 Å². The molecule has 0 unspecified atom stereocenters. The number of aryl methyl sites for hydroxylation is 3. The van der Waals surface area contributed by atoms with E-state index in [9.17, 15) is 4.39 Å². The third-order valence-corrected chi connectivity index (χ3v) is 6.36. The second kappa shape index (κ2) is 9.49. The molecule has 0 saturated heterocycles. The number of halogens is 2. The average Bonchev–Trinajstić information content (AvgIpc) is 3.52. The molecule has 3 aromatic rings. The Bertz CT molecular complexity index is 1100. The highest BCUT2D eigenvalue weighted by Gasteiger charge is 2.34. The highest BCUT2D eigenvalue weighted by atomic mass is 35.5. The van der Waals surface area contributed by atoms with Gasteiger partial charge in [-0.3, -0.25) is 0 Å². The molecule has 0 bridgehead atoms. The Labute approximate surface area is 194 Å². The second-order valence-corrected chi connectivity index (χ2v) is 8.98. The highest BCUT2D eigenvalue weighted by molar-refractivity contribution is 6.33. The van der Waals surface area contributed by atoms with E-state index >= 15 is 0 Å². The van der Waals surface area contributed by atoms with Crippen molar-refractivity contribution < 1.29 is 9.13 Å². The van der Waals surface area contributed by atoms with E-state index < -0.39 is 0 Å². The van der Waals surface area contributed by atoms with E-state index in [4.69, 9.17) is 26.4 Å². The Morgan fingerprint density at radius 2 is 2.00 bits per heavy atom. The molecule has 1 aliphatic rings. The summed E-state index contributed by atoms with van der Waals surface area (Å²) in [6, 6.07) is 11.0. The van der Waals surface area contributed by atoms with Gasteiger partial charge in [-0.15, -0.1) is 5.10 Å². The molecule has 1 aliphatic carbocycles. The number of hydrogen-bond acceptors (Lipinski definition) is 4. The van der Waals surface area contributed by atoms with Gasteiger partial charge in [0, 0.05) is 12.6 Å². The fourth-order valence-electron chi connectivity index (χ4n) is 4.03. The van der Waals surface area contributed by atoms with Gasteiger partial charge in [-0.25, -0.2) is 9.07 Å². The molecule has 1 aromatic heterocycles. The minimum atomic E-state index is -0.204. The summed E-state index contributed by atoms with van der Waals surface area (Å²) in [4.78, 5) is 6.87. The molecule has 0 aliphatic heterocycles. The van der Waals surface area contributed by atoms with Gasteiger partial charge in [-0.05, 0) is 61.9 Å². The summed E-state index contributed by atoms with van der Waals surface area (Å²) in [5.41, 5.74) is 2.32. The largest absolute Gasteiger partial charge is 0.497 e. The van der Waals surface area contributed by atoms with Crippen molar-refractivity contribution in [2.45, 2.75) is 59.0 Å². The number of rotatable bonds is 9. The molecule has 0 spiro atoms. The topological polar surface area (TPSA) is 43.2 Å². The minimum absolute atomic E-state index is 0.139. The Kier molecular flexibility index (Phi) is 6.70. The maximum atomic E-state index is 14.6. The molecule has 7 heteroatoms. The van der Waals surface area contributed by atoms with E-state index in [1.807, 2.05) is 35.9 Å². The number of benzene rings is 2. The van der Waals surface area contributed by atoms with Crippen LogP contribution < -0.4 is 9.64 Å². The molecular weight excluding hydrogens is 427 g/mol. The Hall–Kier alpha value is -2.60. The lowest BCUT2D eigenvalue weighted by Gasteiger charge is -2.32. The second-order valence-electron chi connectivity index (χ2n) is 8.57. The van der Waals surface area contributed by atoms with Crippen molar-refractivity contribution in [3.8, 4) is 5.75 Å². The van der Waals surface area contributed by atoms with Crippen LogP contribution in [0.2, 0.25) is 5.02 Å². The van der Waals surface area contributed by atoms with Gasteiger partial charge in [0.1, 0.15) is 17.4 Å². The van der Waals surface area contributed by atoms with Crippen molar-refractivity contribution in [1.82, 2.24) is 14.8 Å². The lowest BCUT2D eigenvalue weighted by Crippen LogP contribution is -2.26. The standard InChI is InChI=1S/C25H30ClFN4O/c1-5-12-30-17(3)28-25(29-30)31(23-11-10-20(32-4)15-21(23)26)24(13-18-7-8-18)19-9-6-16(2)22(27)14-19/h6,9-11,14-15,18,24H,5,7-8,12-13H2,1-4H3/t24-/m0/s1. The van der Waals surface area contributed by atoms with E-state index in [2.05, 4.69) is 11.8 Å². The lowest BCUT2D eigenvalue weighted by atomic mass is 9.97. The fraction of sp³-hybridized carbons (Fsp3) is 0.440. The van der Waals surface area contributed by atoms with Crippen LogP contribution in [-0.2, 0) is 6.54 Å². The third kappa shape index (κ3) is 4.75. The first kappa shape index (κ1) is 22.6. The number of anilines is 2. The van der Waals surface area contributed by atoms with E-state index in [0.717, 1.165) is 36.5 Å². The first-order valence-electron chi connectivity index (χ1n) is 11.2. The van der Waals surface area contributed by atoms with Gasteiger partial charge in [-0.1, -0.05) is 43.5 Å². The van der Waals surface area contributed by atoms with Crippen LogP contribution in [0.3, 0.4) is 0 Å². The minimum Gasteiger partial charge on any atom is -0.497 e. The van der Waals surface area contributed by atoms with Gasteiger partial charge in [0.2, 0.25) is 5.95 Å². The first-order chi connectivity index (χ1) is 15.4. The van der Waals surface area contributed by atoms with E-state index in [1.54, 1.807) is 26.2 Å². The summed E-state index contributed by atoms with van der Waals surface area (Å²) in [7, 11) is 1.62. The van der Waals surface area contributed by atoms with Gasteiger partial charge in [0.25, 0.3) is 0 Å². The summed E-state index contributed by atoms with van der Waals surface area (Å²) in [5, 5.41) is 5.37. The molecule has 0 amide bonds. The van der Waals surface area contributed by atoms with Crippen LogP contribution in [-0.4, -0.2) is 21.9 Å². The zero-order valence-corrected chi connectivity index (χ0v) is 19.9. The zero-order chi connectivity index (χ0) is 22.8. The average molecular weight is 457 g/mol. The maximum absolute atomic E-state index is 14.6. The van der Waals surface area contributed by atoms with Gasteiger partial charge >= 0.3 is 0 Å². The number of methoxy groups -OCH3 is 1. The molecule has 2 aromatic carbocycles.